The van der Waals surface area contributed by atoms with E-state index in [-0.39, 0.29) is 0 Å². The summed E-state index contributed by atoms with van der Waals surface area (Å²) in [5.74, 6) is 5.92. The fourth-order valence-corrected chi connectivity index (χ4v) is 6.93. The van der Waals surface area contributed by atoms with Gasteiger partial charge in [-0.05, 0) is 62.2 Å². The molecule has 0 aromatic rings. The van der Waals surface area contributed by atoms with Gasteiger partial charge in [-0.1, -0.05) is 46.1 Å². The molecule has 0 aromatic carbocycles. The highest BCUT2D eigenvalue weighted by Crippen LogP contribution is 2.60. The maximum absolute atomic E-state index is 2.89. The maximum atomic E-state index is 2.89. The van der Waals surface area contributed by atoms with Crippen molar-refractivity contribution >= 4 is 0 Å². The van der Waals surface area contributed by atoms with Crippen molar-refractivity contribution in [2.24, 2.45) is 35.5 Å². The molecule has 0 bridgehead atoms. The Balaban J connectivity index is 1.52. The van der Waals surface area contributed by atoms with Crippen LogP contribution in [0.15, 0.2) is 11.8 Å². The van der Waals surface area contributed by atoms with E-state index in [4.69, 9.17) is 0 Å². The van der Waals surface area contributed by atoms with Gasteiger partial charge in [-0.15, -0.1) is 0 Å². The first-order valence-electron chi connectivity index (χ1n) is 10.1. The van der Waals surface area contributed by atoms with Crippen molar-refractivity contribution in [3.63, 3.8) is 0 Å². The van der Waals surface area contributed by atoms with Crippen LogP contribution in [-0.2, 0) is 0 Å². The highest BCUT2D eigenvalue weighted by molar-refractivity contribution is 5.22. The Bertz CT molecular complexity index is 453. The third kappa shape index (κ3) is 2.03. The van der Waals surface area contributed by atoms with E-state index in [1.54, 1.807) is 5.70 Å². The zero-order chi connectivity index (χ0) is 15.4. The lowest BCUT2D eigenvalue weighted by atomic mass is 9.73. The topological polar surface area (TPSA) is 3.24 Å². The van der Waals surface area contributed by atoms with Gasteiger partial charge in [-0.25, -0.2) is 0 Å². The lowest BCUT2D eigenvalue weighted by Crippen LogP contribution is -2.62. The third-order valence-electron chi connectivity index (χ3n) is 8.04. The van der Waals surface area contributed by atoms with E-state index >= 15 is 0 Å². The molecule has 1 saturated heterocycles. The summed E-state index contributed by atoms with van der Waals surface area (Å²) in [5, 5.41) is 0. The van der Waals surface area contributed by atoms with Crippen molar-refractivity contribution in [2.45, 2.75) is 84.7 Å². The largest absolute Gasteiger partial charge is 0.368 e. The highest BCUT2D eigenvalue weighted by atomic mass is 15.3. The molecule has 0 spiro atoms. The minimum atomic E-state index is 0.822. The lowest BCUT2D eigenvalue weighted by Gasteiger charge is -2.57. The molecule has 1 heterocycles. The molecule has 0 radical (unpaired) electrons. The summed E-state index contributed by atoms with van der Waals surface area (Å²) in [6.07, 6.45) is 12.6. The molecule has 4 aliphatic rings. The van der Waals surface area contributed by atoms with E-state index in [1.165, 1.54) is 44.9 Å². The summed E-state index contributed by atoms with van der Waals surface area (Å²) in [6, 6.07) is 1.72. The van der Waals surface area contributed by atoms with Crippen LogP contribution in [0.25, 0.3) is 0 Å². The molecule has 124 valence electrons. The number of hydrogen-bond acceptors (Lipinski definition) is 1. The van der Waals surface area contributed by atoms with Crippen LogP contribution in [0.3, 0.4) is 0 Å². The van der Waals surface area contributed by atoms with Gasteiger partial charge in [0.05, 0.1) is 0 Å². The van der Waals surface area contributed by atoms with Crippen LogP contribution in [0.1, 0.15) is 72.6 Å². The van der Waals surface area contributed by atoms with Crippen molar-refractivity contribution in [1.82, 2.24) is 4.90 Å². The van der Waals surface area contributed by atoms with E-state index in [9.17, 15) is 0 Å². The van der Waals surface area contributed by atoms with Gasteiger partial charge in [0.15, 0.2) is 0 Å². The van der Waals surface area contributed by atoms with Crippen LogP contribution in [0.2, 0.25) is 0 Å². The molecule has 2 saturated carbocycles. The van der Waals surface area contributed by atoms with Gasteiger partial charge in [0.2, 0.25) is 0 Å². The molecule has 0 amide bonds. The first kappa shape index (κ1) is 15.1. The van der Waals surface area contributed by atoms with Crippen LogP contribution in [0, 0.1) is 35.5 Å². The molecule has 0 aromatic heterocycles. The third-order valence-corrected chi connectivity index (χ3v) is 8.04. The summed E-state index contributed by atoms with van der Waals surface area (Å²) in [6.45, 7) is 9.93. The summed E-state index contributed by atoms with van der Waals surface area (Å²) in [7, 11) is 0. The number of rotatable bonds is 3. The summed E-state index contributed by atoms with van der Waals surface area (Å²) in [4.78, 5) is 2.89. The SMILES string of the molecule is CCCC1CC(N2C(C)C3C4CCCC4C(C)C32)=CCC1C. The quantitative estimate of drug-likeness (QED) is 0.668. The van der Waals surface area contributed by atoms with Crippen molar-refractivity contribution in [3.8, 4) is 0 Å². The van der Waals surface area contributed by atoms with Crippen molar-refractivity contribution < 1.29 is 0 Å². The van der Waals surface area contributed by atoms with E-state index in [1.807, 2.05) is 0 Å². The van der Waals surface area contributed by atoms with Crippen molar-refractivity contribution in [1.29, 1.82) is 0 Å². The van der Waals surface area contributed by atoms with Crippen molar-refractivity contribution in [3.05, 3.63) is 11.8 Å². The molecular formula is C21H35N. The van der Waals surface area contributed by atoms with Gasteiger partial charge in [0.1, 0.15) is 0 Å². The zero-order valence-corrected chi connectivity index (χ0v) is 15.1. The molecule has 1 aliphatic heterocycles. The fraction of sp³-hybridized carbons (Fsp3) is 0.905. The smallest absolute Gasteiger partial charge is 0.0368 e. The summed E-state index contributed by atoms with van der Waals surface area (Å²) < 4.78 is 0. The molecule has 8 unspecified atom stereocenters. The van der Waals surface area contributed by atoms with E-state index in [2.05, 4.69) is 38.7 Å². The lowest BCUT2D eigenvalue weighted by molar-refractivity contribution is -0.0374. The average molecular weight is 302 g/mol. The summed E-state index contributed by atoms with van der Waals surface area (Å²) >= 11 is 0. The standard InChI is InChI=1S/C21H35N/c1-5-7-16-12-17(11-10-13(16)2)22-15(4)20-19-9-6-8-18(19)14(3)21(20)22/h11,13-16,18-21H,5-10,12H2,1-4H3. The number of nitrogens with zero attached hydrogens (tertiary/aromatic N) is 1. The number of allylic oxidation sites excluding steroid dienone is 2. The average Bonchev–Trinajstić information content (AvgIpc) is 3.04. The van der Waals surface area contributed by atoms with Crippen molar-refractivity contribution in [2.75, 3.05) is 0 Å². The van der Waals surface area contributed by atoms with E-state index < -0.39 is 0 Å². The monoisotopic (exact) mass is 301 g/mol. The van der Waals surface area contributed by atoms with Crippen LogP contribution in [0.4, 0.5) is 0 Å². The predicted octanol–water partition coefficient (Wildman–Crippen LogP) is 5.47. The second-order valence-electron chi connectivity index (χ2n) is 8.99. The van der Waals surface area contributed by atoms with Crippen LogP contribution in [0.5, 0.6) is 0 Å². The second-order valence-corrected chi connectivity index (χ2v) is 8.99. The van der Waals surface area contributed by atoms with E-state index in [0.717, 1.165) is 47.6 Å². The Morgan fingerprint density at radius 3 is 2.68 bits per heavy atom. The zero-order valence-electron chi connectivity index (χ0n) is 15.1. The molecule has 3 fully saturated rings. The Hall–Kier alpha value is -0.460. The minimum Gasteiger partial charge on any atom is -0.368 e. The molecule has 1 nitrogen and oxygen atoms in total. The summed E-state index contributed by atoms with van der Waals surface area (Å²) in [5.41, 5.74) is 1.73. The Morgan fingerprint density at radius 2 is 1.91 bits per heavy atom. The molecular weight excluding hydrogens is 266 g/mol. The number of hydrogen-bond donors (Lipinski definition) is 0. The Kier molecular flexibility index (Phi) is 3.82. The van der Waals surface area contributed by atoms with Crippen LogP contribution < -0.4 is 0 Å². The molecule has 3 aliphatic carbocycles. The predicted molar refractivity (Wildman–Crippen MR) is 93.5 cm³/mol. The second kappa shape index (κ2) is 5.56. The highest BCUT2D eigenvalue weighted by Gasteiger charge is 2.61. The van der Waals surface area contributed by atoms with Gasteiger partial charge in [-0.2, -0.15) is 0 Å². The number of fused-ring (bicyclic) bond motifs is 3. The van der Waals surface area contributed by atoms with E-state index in [0.29, 0.717) is 0 Å². The van der Waals surface area contributed by atoms with Crippen LogP contribution in [-0.4, -0.2) is 17.0 Å². The Labute approximate surface area is 137 Å². The molecule has 4 rings (SSSR count). The van der Waals surface area contributed by atoms with Gasteiger partial charge in [0, 0.05) is 23.7 Å². The van der Waals surface area contributed by atoms with Gasteiger partial charge in [-0.3, -0.25) is 0 Å². The molecule has 22 heavy (non-hydrogen) atoms. The van der Waals surface area contributed by atoms with Gasteiger partial charge >= 0.3 is 0 Å². The normalized spacial score (nSPS) is 50.4. The maximum Gasteiger partial charge on any atom is 0.0368 e. The van der Waals surface area contributed by atoms with Crippen LogP contribution >= 0.6 is 0 Å². The van der Waals surface area contributed by atoms with Gasteiger partial charge < -0.3 is 4.90 Å². The Morgan fingerprint density at radius 1 is 1.14 bits per heavy atom. The first-order valence-corrected chi connectivity index (χ1v) is 10.1. The first-order chi connectivity index (χ1) is 10.6. The minimum absolute atomic E-state index is 0.822. The fourth-order valence-electron chi connectivity index (χ4n) is 6.93. The van der Waals surface area contributed by atoms with Gasteiger partial charge in [0.25, 0.3) is 0 Å². The number of likely N-dealkylation sites (tertiary alicyclic amines) is 1. The molecule has 1 heteroatoms. The molecule has 8 atom stereocenters. The molecule has 0 N–H and O–H groups in total.